The number of aromatic hydroxyl groups is 1. The standard InChI is InChI=1S/C12H13NO2/c1-3-11-8(2)13-12(15-11)9-5-4-6-10(14)7-9/h4-7,14H,3H2,1-2H3. The number of phenols is 1. The SMILES string of the molecule is CCc1oc(-c2cccc(O)c2)nc1C. The number of phenolic OH excluding ortho intramolecular Hbond substituents is 1. The first-order chi connectivity index (χ1) is 7.20. The van der Waals surface area contributed by atoms with E-state index in [1.54, 1.807) is 18.2 Å². The van der Waals surface area contributed by atoms with Gasteiger partial charge >= 0.3 is 0 Å². The number of benzene rings is 1. The van der Waals surface area contributed by atoms with Gasteiger partial charge in [-0.15, -0.1) is 0 Å². The van der Waals surface area contributed by atoms with Crippen LogP contribution in [0.4, 0.5) is 0 Å². The fourth-order valence-corrected chi connectivity index (χ4v) is 1.52. The number of oxazole rings is 1. The highest BCUT2D eigenvalue weighted by Gasteiger charge is 2.09. The lowest BCUT2D eigenvalue weighted by Gasteiger charge is -1.95. The molecule has 0 aliphatic heterocycles. The van der Waals surface area contributed by atoms with Gasteiger partial charge in [0.2, 0.25) is 5.89 Å². The summed E-state index contributed by atoms with van der Waals surface area (Å²) < 4.78 is 5.58. The predicted octanol–water partition coefficient (Wildman–Crippen LogP) is 2.92. The zero-order chi connectivity index (χ0) is 10.8. The third-order valence-corrected chi connectivity index (χ3v) is 2.31. The fraction of sp³-hybridized carbons (Fsp3) is 0.250. The molecule has 0 spiro atoms. The summed E-state index contributed by atoms with van der Waals surface area (Å²) in [6.07, 6.45) is 0.831. The Labute approximate surface area is 88.4 Å². The maximum absolute atomic E-state index is 9.34. The fourth-order valence-electron chi connectivity index (χ4n) is 1.52. The average Bonchev–Trinajstić information content (AvgIpc) is 2.60. The van der Waals surface area contributed by atoms with Gasteiger partial charge < -0.3 is 9.52 Å². The normalized spacial score (nSPS) is 10.5. The van der Waals surface area contributed by atoms with Crippen molar-refractivity contribution in [2.24, 2.45) is 0 Å². The highest BCUT2D eigenvalue weighted by Crippen LogP contribution is 2.24. The van der Waals surface area contributed by atoms with Crippen LogP contribution >= 0.6 is 0 Å². The highest BCUT2D eigenvalue weighted by atomic mass is 16.4. The van der Waals surface area contributed by atoms with Crippen LogP contribution in [0.25, 0.3) is 11.5 Å². The summed E-state index contributed by atoms with van der Waals surface area (Å²) in [7, 11) is 0. The van der Waals surface area contributed by atoms with Gasteiger partial charge in [0, 0.05) is 12.0 Å². The summed E-state index contributed by atoms with van der Waals surface area (Å²) in [5.74, 6) is 1.69. The van der Waals surface area contributed by atoms with E-state index in [0.717, 1.165) is 23.4 Å². The Hall–Kier alpha value is -1.77. The molecule has 1 aromatic carbocycles. The van der Waals surface area contributed by atoms with E-state index < -0.39 is 0 Å². The van der Waals surface area contributed by atoms with Crippen molar-refractivity contribution in [1.82, 2.24) is 4.98 Å². The van der Waals surface area contributed by atoms with E-state index in [-0.39, 0.29) is 5.75 Å². The summed E-state index contributed by atoms with van der Waals surface area (Å²) in [6.45, 7) is 3.95. The first-order valence-electron chi connectivity index (χ1n) is 4.96. The van der Waals surface area contributed by atoms with Crippen LogP contribution in [0.2, 0.25) is 0 Å². The van der Waals surface area contributed by atoms with Crippen molar-refractivity contribution in [2.75, 3.05) is 0 Å². The molecule has 3 heteroatoms. The summed E-state index contributed by atoms with van der Waals surface area (Å²) in [5, 5.41) is 9.34. The minimum Gasteiger partial charge on any atom is -0.508 e. The minimum absolute atomic E-state index is 0.224. The second-order valence-electron chi connectivity index (χ2n) is 3.43. The van der Waals surface area contributed by atoms with Crippen molar-refractivity contribution in [3.05, 3.63) is 35.7 Å². The zero-order valence-electron chi connectivity index (χ0n) is 8.82. The Morgan fingerprint density at radius 3 is 2.80 bits per heavy atom. The van der Waals surface area contributed by atoms with E-state index in [1.165, 1.54) is 0 Å². The molecule has 2 rings (SSSR count). The van der Waals surface area contributed by atoms with E-state index in [0.29, 0.717) is 5.89 Å². The Morgan fingerprint density at radius 1 is 1.40 bits per heavy atom. The van der Waals surface area contributed by atoms with Crippen LogP contribution in [0.15, 0.2) is 28.7 Å². The maximum Gasteiger partial charge on any atom is 0.226 e. The molecular formula is C12H13NO2. The van der Waals surface area contributed by atoms with Crippen LogP contribution in [0.1, 0.15) is 18.4 Å². The van der Waals surface area contributed by atoms with Crippen LogP contribution in [0, 0.1) is 6.92 Å². The molecule has 0 amide bonds. The first-order valence-corrected chi connectivity index (χ1v) is 4.96. The molecular weight excluding hydrogens is 190 g/mol. The van der Waals surface area contributed by atoms with Gasteiger partial charge in [-0.2, -0.15) is 0 Å². The van der Waals surface area contributed by atoms with Crippen LogP contribution < -0.4 is 0 Å². The molecule has 0 aliphatic rings. The smallest absolute Gasteiger partial charge is 0.226 e. The number of aromatic nitrogens is 1. The molecule has 15 heavy (non-hydrogen) atoms. The van der Waals surface area contributed by atoms with Crippen LogP contribution in [-0.2, 0) is 6.42 Å². The molecule has 0 fully saturated rings. The van der Waals surface area contributed by atoms with Gasteiger partial charge in [-0.05, 0) is 25.1 Å². The molecule has 0 saturated heterocycles. The van der Waals surface area contributed by atoms with Crippen molar-refractivity contribution < 1.29 is 9.52 Å². The van der Waals surface area contributed by atoms with Gasteiger partial charge in [0.05, 0.1) is 5.69 Å². The van der Waals surface area contributed by atoms with Gasteiger partial charge in [0.1, 0.15) is 11.5 Å². The molecule has 1 N–H and O–H groups in total. The largest absolute Gasteiger partial charge is 0.508 e. The van der Waals surface area contributed by atoms with Crippen LogP contribution in [0.5, 0.6) is 5.75 Å². The molecule has 0 saturated carbocycles. The summed E-state index contributed by atoms with van der Waals surface area (Å²) in [6, 6.07) is 6.91. The van der Waals surface area contributed by atoms with Crippen LogP contribution in [-0.4, -0.2) is 10.1 Å². The Kier molecular flexibility index (Phi) is 2.46. The lowest BCUT2D eigenvalue weighted by atomic mass is 10.2. The molecule has 0 bridgehead atoms. The third-order valence-electron chi connectivity index (χ3n) is 2.31. The number of hydrogen-bond donors (Lipinski definition) is 1. The second kappa shape index (κ2) is 3.77. The minimum atomic E-state index is 0.224. The van der Waals surface area contributed by atoms with Gasteiger partial charge in [0.25, 0.3) is 0 Å². The molecule has 1 aromatic heterocycles. The highest BCUT2D eigenvalue weighted by molar-refractivity contribution is 5.56. The number of rotatable bonds is 2. The van der Waals surface area contributed by atoms with Crippen molar-refractivity contribution in [3.8, 4) is 17.2 Å². The van der Waals surface area contributed by atoms with E-state index in [9.17, 15) is 5.11 Å². The average molecular weight is 203 g/mol. The lowest BCUT2D eigenvalue weighted by Crippen LogP contribution is -1.78. The molecule has 3 nitrogen and oxygen atoms in total. The van der Waals surface area contributed by atoms with E-state index >= 15 is 0 Å². The monoisotopic (exact) mass is 203 g/mol. The molecule has 0 radical (unpaired) electrons. The lowest BCUT2D eigenvalue weighted by molar-refractivity contribution is 0.474. The van der Waals surface area contributed by atoms with Gasteiger partial charge in [-0.1, -0.05) is 13.0 Å². The van der Waals surface area contributed by atoms with Crippen molar-refractivity contribution in [1.29, 1.82) is 0 Å². The molecule has 78 valence electrons. The molecule has 1 heterocycles. The predicted molar refractivity (Wildman–Crippen MR) is 57.7 cm³/mol. The quantitative estimate of drug-likeness (QED) is 0.816. The third kappa shape index (κ3) is 1.86. The summed E-state index contributed by atoms with van der Waals surface area (Å²) >= 11 is 0. The number of aryl methyl sites for hydroxylation is 2. The first kappa shape index (κ1) is 9.77. The van der Waals surface area contributed by atoms with Crippen molar-refractivity contribution in [2.45, 2.75) is 20.3 Å². The van der Waals surface area contributed by atoms with Gasteiger partial charge in [-0.25, -0.2) is 4.98 Å². The molecule has 0 unspecified atom stereocenters. The molecule has 0 atom stereocenters. The van der Waals surface area contributed by atoms with E-state index in [1.807, 2.05) is 19.9 Å². The van der Waals surface area contributed by atoms with E-state index in [2.05, 4.69) is 4.98 Å². The van der Waals surface area contributed by atoms with Gasteiger partial charge in [0.15, 0.2) is 0 Å². The Bertz CT molecular complexity index is 474. The van der Waals surface area contributed by atoms with Gasteiger partial charge in [-0.3, -0.25) is 0 Å². The second-order valence-corrected chi connectivity index (χ2v) is 3.43. The Morgan fingerprint density at radius 2 is 2.20 bits per heavy atom. The van der Waals surface area contributed by atoms with Crippen molar-refractivity contribution in [3.63, 3.8) is 0 Å². The zero-order valence-corrected chi connectivity index (χ0v) is 8.82. The Balaban J connectivity index is 2.45. The number of hydrogen-bond acceptors (Lipinski definition) is 3. The van der Waals surface area contributed by atoms with Crippen LogP contribution in [0.3, 0.4) is 0 Å². The summed E-state index contributed by atoms with van der Waals surface area (Å²) in [4.78, 5) is 4.32. The maximum atomic E-state index is 9.34. The molecule has 2 aromatic rings. The van der Waals surface area contributed by atoms with Crippen molar-refractivity contribution >= 4 is 0 Å². The summed E-state index contributed by atoms with van der Waals surface area (Å²) in [5.41, 5.74) is 1.72. The van der Waals surface area contributed by atoms with E-state index in [4.69, 9.17) is 4.42 Å². The molecule has 0 aliphatic carbocycles. The topological polar surface area (TPSA) is 46.3 Å². The number of nitrogens with zero attached hydrogens (tertiary/aromatic N) is 1.